The van der Waals surface area contributed by atoms with Crippen molar-refractivity contribution in [1.82, 2.24) is 0 Å². The molecule has 0 aromatic heterocycles. The highest BCUT2D eigenvalue weighted by molar-refractivity contribution is 5.62. The first-order valence-corrected chi connectivity index (χ1v) is 5.45. The van der Waals surface area contributed by atoms with Gasteiger partial charge >= 0.3 is 5.69 Å². The smallest absolute Gasteiger partial charge is 0.356 e. The van der Waals surface area contributed by atoms with E-state index < -0.39 is 16.4 Å². The fraction of sp³-hybridized carbons (Fsp3) is 0.0769. The summed E-state index contributed by atoms with van der Waals surface area (Å²) < 4.78 is 5.24. The largest absolute Gasteiger partial charge is 0.504 e. The van der Waals surface area contributed by atoms with Gasteiger partial charge in [-0.05, 0) is 17.7 Å². The third-order valence-electron chi connectivity index (χ3n) is 2.50. The Labute approximate surface area is 108 Å². The van der Waals surface area contributed by atoms with Gasteiger partial charge in [0.2, 0.25) is 5.75 Å². The monoisotopic (exact) mass is 261 g/mol. The molecule has 6 nitrogen and oxygen atoms in total. The van der Waals surface area contributed by atoms with Gasteiger partial charge in [0.1, 0.15) is 6.61 Å². The number of ether oxygens (including phenoxy) is 1. The maximum atomic E-state index is 10.9. The highest BCUT2D eigenvalue weighted by atomic mass is 16.6. The van der Waals surface area contributed by atoms with Crippen molar-refractivity contribution in [3.05, 3.63) is 58.1 Å². The zero-order valence-electron chi connectivity index (χ0n) is 9.81. The average molecular weight is 261 g/mol. The van der Waals surface area contributed by atoms with Gasteiger partial charge in [0.05, 0.1) is 4.92 Å². The number of nitro groups is 1. The molecule has 0 aliphatic rings. The molecule has 0 heterocycles. The SMILES string of the molecule is O=[N+]([O-])c1c(O)ccc(O)c1OCc1ccccc1. The van der Waals surface area contributed by atoms with Crippen molar-refractivity contribution < 1.29 is 19.9 Å². The van der Waals surface area contributed by atoms with Crippen LogP contribution >= 0.6 is 0 Å². The summed E-state index contributed by atoms with van der Waals surface area (Å²) in [4.78, 5) is 10.1. The summed E-state index contributed by atoms with van der Waals surface area (Å²) in [6, 6.07) is 11.2. The summed E-state index contributed by atoms with van der Waals surface area (Å²) in [6.45, 7) is 0.0543. The van der Waals surface area contributed by atoms with E-state index in [0.29, 0.717) is 0 Å². The van der Waals surface area contributed by atoms with Crippen LogP contribution < -0.4 is 4.74 Å². The summed E-state index contributed by atoms with van der Waals surface area (Å²) in [5.74, 6) is -1.28. The third-order valence-corrected chi connectivity index (χ3v) is 2.50. The maximum absolute atomic E-state index is 10.9. The van der Waals surface area contributed by atoms with Crippen LogP contribution in [0.5, 0.6) is 17.2 Å². The van der Waals surface area contributed by atoms with E-state index >= 15 is 0 Å². The van der Waals surface area contributed by atoms with Crippen LogP contribution in [0.15, 0.2) is 42.5 Å². The van der Waals surface area contributed by atoms with E-state index in [1.165, 1.54) is 0 Å². The van der Waals surface area contributed by atoms with E-state index in [2.05, 4.69) is 0 Å². The van der Waals surface area contributed by atoms with Crippen LogP contribution in [0, 0.1) is 10.1 Å². The standard InChI is InChI=1S/C13H11NO5/c15-10-6-7-11(16)13(12(10)14(17)18)19-8-9-4-2-1-3-5-9/h1-7,15-16H,8H2. The third kappa shape index (κ3) is 2.74. The molecule has 6 heteroatoms. The van der Waals surface area contributed by atoms with Crippen molar-refractivity contribution in [2.45, 2.75) is 6.61 Å². The lowest BCUT2D eigenvalue weighted by Crippen LogP contribution is -1.99. The van der Waals surface area contributed by atoms with Crippen LogP contribution in [0.1, 0.15) is 5.56 Å². The van der Waals surface area contributed by atoms with E-state index in [0.717, 1.165) is 17.7 Å². The Morgan fingerprint density at radius 2 is 1.68 bits per heavy atom. The molecule has 19 heavy (non-hydrogen) atoms. The van der Waals surface area contributed by atoms with Gasteiger partial charge in [-0.25, -0.2) is 0 Å². The zero-order chi connectivity index (χ0) is 13.8. The van der Waals surface area contributed by atoms with Crippen molar-refractivity contribution in [2.24, 2.45) is 0 Å². The molecule has 0 radical (unpaired) electrons. The van der Waals surface area contributed by atoms with Crippen LogP contribution in [0.2, 0.25) is 0 Å². The molecule has 0 saturated carbocycles. The molecule has 0 spiro atoms. The van der Waals surface area contributed by atoms with Crippen LogP contribution in [0.4, 0.5) is 5.69 Å². The zero-order valence-corrected chi connectivity index (χ0v) is 9.81. The summed E-state index contributed by atoms with van der Waals surface area (Å²) in [5, 5.41) is 29.9. The first kappa shape index (κ1) is 12.7. The highest BCUT2D eigenvalue weighted by Gasteiger charge is 2.24. The molecule has 0 bridgehead atoms. The second-order valence-electron chi connectivity index (χ2n) is 3.81. The maximum Gasteiger partial charge on any atom is 0.356 e. The Hall–Kier alpha value is -2.76. The fourth-order valence-electron chi connectivity index (χ4n) is 1.60. The number of phenolic OH excluding ortho intramolecular Hbond substituents is 2. The minimum absolute atomic E-state index is 0.0543. The second kappa shape index (κ2) is 5.26. The minimum atomic E-state index is -0.796. The van der Waals surface area contributed by atoms with Gasteiger partial charge in [-0.1, -0.05) is 30.3 Å². The number of rotatable bonds is 4. The molecule has 0 aliphatic heterocycles. The molecule has 2 rings (SSSR count). The summed E-state index contributed by atoms with van der Waals surface area (Å²) in [5.41, 5.74) is 0.149. The Kier molecular flexibility index (Phi) is 3.51. The highest BCUT2D eigenvalue weighted by Crippen LogP contribution is 2.42. The fourth-order valence-corrected chi connectivity index (χ4v) is 1.60. The normalized spacial score (nSPS) is 10.1. The van der Waals surface area contributed by atoms with Crippen LogP contribution in [0.3, 0.4) is 0 Å². The number of phenols is 2. The Morgan fingerprint density at radius 1 is 1.05 bits per heavy atom. The van der Waals surface area contributed by atoms with Gasteiger partial charge in [0, 0.05) is 0 Å². The second-order valence-corrected chi connectivity index (χ2v) is 3.81. The molecule has 0 saturated heterocycles. The van der Waals surface area contributed by atoms with Crippen molar-refractivity contribution >= 4 is 5.69 Å². The lowest BCUT2D eigenvalue weighted by Gasteiger charge is -2.09. The average Bonchev–Trinajstić information content (AvgIpc) is 2.40. The Morgan fingerprint density at radius 3 is 2.32 bits per heavy atom. The topological polar surface area (TPSA) is 92.8 Å². The molecule has 0 fully saturated rings. The van der Waals surface area contributed by atoms with E-state index in [-0.39, 0.29) is 18.1 Å². The van der Waals surface area contributed by atoms with Gasteiger partial charge in [-0.15, -0.1) is 0 Å². The lowest BCUT2D eigenvalue weighted by atomic mass is 10.2. The predicted molar refractivity (Wildman–Crippen MR) is 67.2 cm³/mol. The molecule has 2 aromatic carbocycles. The molecule has 0 amide bonds. The number of nitrogens with zero attached hydrogens (tertiary/aromatic N) is 1. The van der Waals surface area contributed by atoms with Crippen molar-refractivity contribution in [2.75, 3.05) is 0 Å². The van der Waals surface area contributed by atoms with Crippen LogP contribution in [-0.2, 0) is 6.61 Å². The van der Waals surface area contributed by atoms with Gasteiger partial charge in [0.15, 0.2) is 11.5 Å². The Balaban J connectivity index is 2.29. The first-order chi connectivity index (χ1) is 9.09. The van der Waals surface area contributed by atoms with Crippen molar-refractivity contribution in [3.63, 3.8) is 0 Å². The van der Waals surface area contributed by atoms with Gasteiger partial charge in [0.25, 0.3) is 0 Å². The number of nitro benzene ring substituents is 1. The number of aromatic hydroxyl groups is 2. The van der Waals surface area contributed by atoms with Gasteiger partial charge in [-0.3, -0.25) is 10.1 Å². The predicted octanol–water partition coefficient (Wildman–Crippen LogP) is 2.58. The van der Waals surface area contributed by atoms with Crippen molar-refractivity contribution in [1.29, 1.82) is 0 Å². The molecule has 0 atom stereocenters. The molecule has 98 valence electrons. The van der Waals surface area contributed by atoms with E-state index in [9.17, 15) is 20.3 Å². The summed E-state index contributed by atoms with van der Waals surface area (Å²) >= 11 is 0. The van der Waals surface area contributed by atoms with E-state index in [1.807, 2.05) is 6.07 Å². The van der Waals surface area contributed by atoms with Gasteiger partial charge < -0.3 is 14.9 Å². The van der Waals surface area contributed by atoms with Crippen LogP contribution in [0.25, 0.3) is 0 Å². The summed E-state index contributed by atoms with van der Waals surface area (Å²) in [7, 11) is 0. The number of hydrogen-bond donors (Lipinski definition) is 2. The lowest BCUT2D eigenvalue weighted by molar-refractivity contribution is -0.387. The molecule has 0 unspecified atom stereocenters. The molecule has 2 N–H and O–H groups in total. The Bertz CT molecular complexity index is 597. The van der Waals surface area contributed by atoms with Crippen molar-refractivity contribution in [3.8, 4) is 17.2 Å². The van der Waals surface area contributed by atoms with E-state index in [4.69, 9.17) is 4.74 Å². The quantitative estimate of drug-likeness (QED) is 0.501. The summed E-state index contributed by atoms with van der Waals surface area (Å²) in [6.07, 6.45) is 0. The number of hydrogen-bond acceptors (Lipinski definition) is 5. The molecular formula is C13H11NO5. The molecule has 0 aliphatic carbocycles. The minimum Gasteiger partial charge on any atom is -0.504 e. The molecular weight excluding hydrogens is 250 g/mol. The number of benzene rings is 2. The van der Waals surface area contributed by atoms with E-state index in [1.54, 1.807) is 24.3 Å². The molecule has 2 aromatic rings. The van der Waals surface area contributed by atoms with Crippen LogP contribution in [-0.4, -0.2) is 15.1 Å². The first-order valence-electron chi connectivity index (χ1n) is 5.45. The van der Waals surface area contributed by atoms with Gasteiger partial charge in [-0.2, -0.15) is 0 Å².